The Morgan fingerprint density at radius 1 is 0.811 bits per heavy atom. The average Bonchev–Trinajstić information content (AvgIpc) is 3.11. The van der Waals surface area contributed by atoms with Crippen molar-refractivity contribution in [2.45, 2.75) is 20.4 Å². The van der Waals surface area contributed by atoms with Crippen molar-refractivity contribution in [3.8, 4) is 5.69 Å². The van der Waals surface area contributed by atoms with Crippen LogP contribution in [0.25, 0.3) is 5.69 Å². The second-order valence-corrected chi connectivity index (χ2v) is 8.53. The predicted octanol–water partition coefficient (Wildman–Crippen LogP) is 3.63. The van der Waals surface area contributed by atoms with Crippen LogP contribution < -0.4 is 21.5 Å². The maximum Gasteiger partial charge on any atom is 0.295 e. The Morgan fingerprint density at radius 2 is 1.49 bits per heavy atom. The Kier molecular flexibility index (Phi) is 7.34. The summed E-state index contributed by atoms with van der Waals surface area (Å²) in [5, 5.41) is 8.22. The summed E-state index contributed by atoms with van der Waals surface area (Å²) in [5.74, 6) is -0.937. The van der Waals surface area contributed by atoms with Crippen molar-refractivity contribution in [1.29, 1.82) is 0 Å². The predicted molar refractivity (Wildman–Crippen MR) is 142 cm³/mol. The average molecular weight is 498 g/mol. The summed E-state index contributed by atoms with van der Waals surface area (Å²) < 4.78 is 3.18. The number of amides is 3. The van der Waals surface area contributed by atoms with Crippen LogP contribution in [0.15, 0.2) is 83.7 Å². The molecule has 0 radical (unpaired) electrons. The van der Waals surface area contributed by atoms with Gasteiger partial charge in [0.1, 0.15) is 5.69 Å². The van der Waals surface area contributed by atoms with Crippen molar-refractivity contribution in [3.63, 3.8) is 0 Å². The number of carbonyl (C=O) groups excluding carboxylic acids is 3. The topological polar surface area (TPSA) is 114 Å². The molecule has 0 aliphatic carbocycles. The quantitative estimate of drug-likeness (QED) is 0.362. The van der Waals surface area contributed by atoms with E-state index in [0.29, 0.717) is 29.2 Å². The van der Waals surface area contributed by atoms with E-state index in [-0.39, 0.29) is 28.6 Å². The third kappa shape index (κ3) is 5.67. The molecule has 0 aliphatic heterocycles. The number of nitrogens with one attached hydrogen (secondary N) is 3. The number of nitrogens with zero attached hydrogens (tertiary/aromatic N) is 2. The molecule has 188 valence electrons. The molecule has 0 atom stereocenters. The van der Waals surface area contributed by atoms with Gasteiger partial charge in [0.25, 0.3) is 17.4 Å². The van der Waals surface area contributed by atoms with Crippen molar-refractivity contribution < 1.29 is 14.4 Å². The van der Waals surface area contributed by atoms with Crippen LogP contribution in [-0.2, 0) is 18.4 Å². The van der Waals surface area contributed by atoms with Crippen LogP contribution in [0.3, 0.4) is 0 Å². The Bertz CT molecular complexity index is 1520. The lowest BCUT2D eigenvalue weighted by Gasteiger charge is -2.09. The standard InChI is InChI=1S/C28H27N5O4/c1-18-25(28(37)33(32(18)3)24-10-5-4-6-11-24)31-27(36)22-8-7-9-23(16-22)30-26(35)21-14-12-20(13-15-21)17-29-19(2)34/h4-16H,17H2,1-3H3,(H,29,34)(H,30,35)(H,31,36). The van der Waals surface area contributed by atoms with Crippen molar-refractivity contribution >= 4 is 29.1 Å². The molecule has 0 spiro atoms. The fraction of sp³-hybridized carbons (Fsp3) is 0.143. The van der Waals surface area contributed by atoms with Crippen LogP contribution in [0.2, 0.25) is 0 Å². The molecule has 4 rings (SSSR count). The normalized spacial score (nSPS) is 10.6. The van der Waals surface area contributed by atoms with E-state index in [4.69, 9.17) is 0 Å². The van der Waals surface area contributed by atoms with Gasteiger partial charge in [-0.2, -0.15) is 0 Å². The van der Waals surface area contributed by atoms with Gasteiger partial charge in [-0.3, -0.25) is 23.9 Å². The highest BCUT2D eigenvalue weighted by molar-refractivity contribution is 6.07. The van der Waals surface area contributed by atoms with Crippen LogP contribution in [0.5, 0.6) is 0 Å². The number of hydrogen-bond donors (Lipinski definition) is 3. The SMILES string of the molecule is CC(=O)NCc1ccc(C(=O)Nc2cccc(C(=O)Nc3c(C)n(C)n(-c4ccccc4)c3=O)c2)cc1. The molecular formula is C28H27N5O4. The summed E-state index contributed by atoms with van der Waals surface area (Å²) >= 11 is 0. The van der Waals surface area contributed by atoms with E-state index in [0.717, 1.165) is 5.56 Å². The van der Waals surface area contributed by atoms with Gasteiger partial charge in [-0.25, -0.2) is 4.68 Å². The molecule has 9 nitrogen and oxygen atoms in total. The van der Waals surface area contributed by atoms with Gasteiger partial charge >= 0.3 is 0 Å². The molecule has 9 heteroatoms. The van der Waals surface area contributed by atoms with Crippen molar-refractivity contribution in [1.82, 2.24) is 14.7 Å². The molecule has 3 amide bonds. The number of anilines is 2. The molecule has 0 bridgehead atoms. The highest BCUT2D eigenvalue weighted by atomic mass is 16.2. The lowest BCUT2D eigenvalue weighted by molar-refractivity contribution is -0.119. The molecule has 0 saturated heterocycles. The summed E-state index contributed by atoms with van der Waals surface area (Å²) in [4.78, 5) is 49.9. The van der Waals surface area contributed by atoms with E-state index < -0.39 is 5.91 Å². The van der Waals surface area contributed by atoms with Crippen molar-refractivity contribution in [2.75, 3.05) is 10.6 Å². The van der Waals surface area contributed by atoms with Crippen LogP contribution in [0, 0.1) is 6.92 Å². The first kappa shape index (κ1) is 25.2. The molecule has 3 aromatic carbocycles. The Balaban J connectivity index is 1.48. The number of hydrogen-bond acceptors (Lipinski definition) is 4. The molecule has 1 heterocycles. The lowest BCUT2D eigenvalue weighted by atomic mass is 10.1. The number of aromatic nitrogens is 2. The van der Waals surface area contributed by atoms with E-state index in [9.17, 15) is 19.2 Å². The second-order valence-electron chi connectivity index (χ2n) is 8.53. The number of benzene rings is 3. The van der Waals surface area contributed by atoms with Crippen LogP contribution in [-0.4, -0.2) is 27.1 Å². The fourth-order valence-corrected chi connectivity index (χ4v) is 3.84. The molecule has 37 heavy (non-hydrogen) atoms. The molecular weight excluding hydrogens is 470 g/mol. The van der Waals surface area contributed by atoms with E-state index >= 15 is 0 Å². The molecule has 3 N–H and O–H groups in total. The van der Waals surface area contributed by atoms with Gasteiger partial charge in [0.15, 0.2) is 0 Å². The molecule has 0 saturated carbocycles. The van der Waals surface area contributed by atoms with E-state index in [1.54, 1.807) is 67.2 Å². The maximum atomic E-state index is 13.1. The molecule has 0 fully saturated rings. The highest BCUT2D eigenvalue weighted by Crippen LogP contribution is 2.17. The minimum absolute atomic E-state index is 0.130. The monoisotopic (exact) mass is 497 g/mol. The van der Waals surface area contributed by atoms with Gasteiger partial charge < -0.3 is 16.0 Å². The minimum atomic E-state index is -0.468. The van der Waals surface area contributed by atoms with Crippen molar-refractivity contribution in [2.24, 2.45) is 7.05 Å². The number of rotatable bonds is 7. The fourth-order valence-electron chi connectivity index (χ4n) is 3.84. The van der Waals surface area contributed by atoms with Gasteiger partial charge in [-0.15, -0.1) is 0 Å². The third-order valence-corrected chi connectivity index (χ3v) is 5.93. The summed E-state index contributed by atoms with van der Waals surface area (Å²) in [6.45, 7) is 3.58. The molecule has 0 aliphatic rings. The first-order valence-electron chi connectivity index (χ1n) is 11.6. The minimum Gasteiger partial charge on any atom is -0.352 e. The molecule has 4 aromatic rings. The zero-order chi connectivity index (χ0) is 26.5. The summed E-state index contributed by atoms with van der Waals surface area (Å²) in [7, 11) is 1.75. The molecule has 0 unspecified atom stereocenters. The van der Waals surface area contributed by atoms with Crippen LogP contribution in [0.4, 0.5) is 11.4 Å². The number of para-hydroxylation sites is 1. The molecule has 1 aromatic heterocycles. The Hall–Kier alpha value is -4.92. The second kappa shape index (κ2) is 10.8. The smallest absolute Gasteiger partial charge is 0.295 e. The zero-order valence-electron chi connectivity index (χ0n) is 20.7. The first-order chi connectivity index (χ1) is 17.7. The lowest BCUT2D eigenvalue weighted by Crippen LogP contribution is -2.23. The van der Waals surface area contributed by atoms with E-state index in [2.05, 4.69) is 16.0 Å². The number of carbonyl (C=O) groups is 3. The maximum absolute atomic E-state index is 13.1. The van der Waals surface area contributed by atoms with Gasteiger partial charge in [0.05, 0.1) is 11.4 Å². The zero-order valence-corrected chi connectivity index (χ0v) is 20.7. The third-order valence-electron chi connectivity index (χ3n) is 5.93. The van der Waals surface area contributed by atoms with Gasteiger partial charge in [0.2, 0.25) is 5.91 Å². The van der Waals surface area contributed by atoms with Gasteiger partial charge in [0, 0.05) is 37.3 Å². The first-order valence-corrected chi connectivity index (χ1v) is 11.6. The summed E-state index contributed by atoms with van der Waals surface area (Å²) in [6.07, 6.45) is 0. The van der Waals surface area contributed by atoms with Crippen LogP contribution in [0.1, 0.15) is 38.9 Å². The summed E-state index contributed by atoms with van der Waals surface area (Å²) in [5.41, 5.74) is 3.16. The van der Waals surface area contributed by atoms with Gasteiger partial charge in [-0.05, 0) is 55.0 Å². The Labute approximate surface area is 213 Å². The van der Waals surface area contributed by atoms with Gasteiger partial charge in [-0.1, -0.05) is 36.4 Å². The van der Waals surface area contributed by atoms with Crippen LogP contribution >= 0.6 is 0 Å². The Morgan fingerprint density at radius 3 is 2.16 bits per heavy atom. The highest BCUT2D eigenvalue weighted by Gasteiger charge is 2.19. The van der Waals surface area contributed by atoms with Crippen molar-refractivity contribution in [3.05, 3.63) is 112 Å². The van der Waals surface area contributed by atoms with E-state index in [1.807, 2.05) is 30.3 Å². The largest absolute Gasteiger partial charge is 0.352 e. The summed E-state index contributed by atoms with van der Waals surface area (Å²) in [6, 6.07) is 22.5. The van der Waals surface area contributed by atoms with E-state index in [1.165, 1.54) is 11.6 Å².